The van der Waals surface area contributed by atoms with Gasteiger partial charge in [-0.3, -0.25) is 9.59 Å². The number of piperazine rings is 1. The minimum atomic E-state index is 0.000587. The minimum absolute atomic E-state index is 0.000587. The Bertz CT molecular complexity index is 940. The van der Waals surface area contributed by atoms with Gasteiger partial charge >= 0.3 is 0 Å². The first kappa shape index (κ1) is 17.9. The molecule has 1 aliphatic rings. The Kier molecular flexibility index (Phi) is 5.05. The highest BCUT2D eigenvalue weighted by atomic mass is 32.1. The molecular formula is C20H19N3O2S2. The van der Waals surface area contributed by atoms with E-state index in [1.54, 1.807) is 18.3 Å². The molecular weight excluding hydrogens is 378 g/mol. The summed E-state index contributed by atoms with van der Waals surface area (Å²) in [6, 6.07) is 11.7. The number of ketones is 1. The molecule has 1 amide bonds. The fourth-order valence-electron chi connectivity index (χ4n) is 3.12. The van der Waals surface area contributed by atoms with Crippen molar-refractivity contribution < 1.29 is 9.59 Å². The summed E-state index contributed by atoms with van der Waals surface area (Å²) in [4.78, 5) is 33.9. The van der Waals surface area contributed by atoms with E-state index in [9.17, 15) is 9.59 Å². The molecule has 0 aliphatic carbocycles. The van der Waals surface area contributed by atoms with Gasteiger partial charge in [-0.1, -0.05) is 6.07 Å². The van der Waals surface area contributed by atoms with Crippen molar-refractivity contribution in [3.05, 3.63) is 58.4 Å². The second-order valence-electron chi connectivity index (χ2n) is 6.40. The van der Waals surface area contributed by atoms with E-state index in [0.29, 0.717) is 18.8 Å². The predicted octanol–water partition coefficient (Wildman–Crippen LogP) is 4.04. The Morgan fingerprint density at radius 3 is 2.37 bits per heavy atom. The van der Waals surface area contributed by atoms with Crippen molar-refractivity contribution >= 4 is 40.1 Å². The molecule has 27 heavy (non-hydrogen) atoms. The molecule has 1 aliphatic heterocycles. The van der Waals surface area contributed by atoms with Crippen LogP contribution in [-0.4, -0.2) is 47.8 Å². The molecule has 3 aromatic rings. The quantitative estimate of drug-likeness (QED) is 0.624. The van der Waals surface area contributed by atoms with E-state index in [-0.39, 0.29) is 11.7 Å². The molecule has 4 rings (SSSR count). The van der Waals surface area contributed by atoms with Crippen LogP contribution in [0.25, 0.3) is 9.88 Å². The summed E-state index contributed by atoms with van der Waals surface area (Å²) in [5.74, 6) is 0.0720. The van der Waals surface area contributed by atoms with Crippen molar-refractivity contribution in [2.24, 2.45) is 0 Å². The summed E-state index contributed by atoms with van der Waals surface area (Å²) in [5.41, 5.74) is 2.33. The minimum Gasteiger partial charge on any atom is -0.368 e. The fraction of sp³-hybridized carbons (Fsp3) is 0.250. The number of nitrogens with zero attached hydrogens (tertiary/aromatic N) is 3. The van der Waals surface area contributed by atoms with Gasteiger partial charge in [0.05, 0.1) is 4.88 Å². The number of carbonyl (C=O) groups is 2. The van der Waals surface area contributed by atoms with Gasteiger partial charge in [-0.05, 0) is 42.6 Å². The normalized spacial score (nSPS) is 14.4. The SMILES string of the molecule is CC(=O)c1ccc(N2CCN(C(=O)c3csc(-c4cccs4)n3)CC2)cc1. The highest BCUT2D eigenvalue weighted by Gasteiger charge is 2.24. The molecule has 0 unspecified atom stereocenters. The van der Waals surface area contributed by atoms with Crippen molar-refractivity contribution in [3.8, 4) is 9.88 Å². The number of thiophene rings is 1. The Hall–Kier alpha value is -2.51. The van der Waals surface area contributed by atoms with Crippen LogP contribution in [0, 0.1) is 0 Å². The number of anilines is 1. The van der Waals surface area contributed by atoms with Gasteiger partial charge < -0.3 is 9.80 Å². The van der Waals surface area contributed by atoms with Crippen molar-refractivity contribution in [1.82, 2.24) is 9.88 Å². The molecule has 0 saturated carbocycles. The third-order valence-electron chi connectivity index (χ3n) is 4.66. The first-order chi connectivity index (χ1) is 13.1. The van der Waals surface area contributed by atoms with E-state index < -0.39 is 0 Å². The summed E-state index contributed by atoms with van der Waals surface area (Å²) in [7, 11) is 0. The Labute approximate surface area is 165 Å². The average molecular weight is 398 g/mol. The molecule has 138 valence electrons. The molecule has 0 N–H and O–H groups in total. The van der Waals surface area contributed by atoms with E-state index in [0.717, 1.165) is 34.2 Å². The summed E-state index contributed by atoms with van der Waals surface area (Å²) >= 11 is 3.15. The third-order valence-corrected chi connectivity index (χ3v) is 6.54. The lowest BCUT2D eigenvalue weighted by atomic mass is 10.1. The summed E-state index contributed by atoms with van der Waals surface area (Å²) < 4.78 is 0. The van der Waals surface area contributed by atoms with Gasteiger partial charge in [0.15, 0.2) is 5.78 Å². The van der Waals surface area contributed by atoms with E-state index in [1.165, 1.54) is 11.3 Å². The van der Waals surface area contributed by atoms with Crippen LogP contribution in [0.1, 0.15) is 27.8 Å². The van der Waals surface area contributed by atoms with E-state index in [2.05, 4.69) is 9.88 Å². The summed E-state index contributed by atoms with van der Waals surface area (Å²) in [6.45, 7) is 4.44. The van der Waals surface area contributed by atoms with E-state index in [4.69, 9.17) is 0 Å². The van der Waals surface area contributed by atoms with Gasteiger partial charge in [0.1, 0.15) is 10.7 Å². The smallest absolute Gasteiger partial charge is 0.273 e. The van der Waals surface area contributed by atoms with Gasteiger partial charge in [-0.15, -0.1) is 22.7 Å². The van der Waals surface area contributed by atoms with E-state index in [1.807, 2.05) is 52.1 Å². The van der Waals surface area contributed by atoms with Crippen LogP contribution in [0.15, 0.2) is 47.2 Å². The van der Waals surface area contributed by atoms with E-state index >= 15 is 0 Å². The molecule has 0 bridgehead atoms. The van der Waals surface area contributed by atoms with Crippen LogP contribution in [0.4, 0.5) is 5.69 Å². The Morgan fingerprint density at radius 2 is 1.74 bits per heavy atom. The largest absolute Gasteiger partial charge is 0.368 e. The molecule has 3 heterocycles. The first-order valence-electron chi connectivity index (χ1n) is 8.76. The molecule has 0 spiro atoms. The lowest BCUT2D eigenvalue weighted by Crippen LogP contribution is -2.48. The highest BCUT2D eigenvalue weighted by Crippen LogP contribution is 2.28. The molecule has 2 aromatic heterocycles. The topological polar surface area (TPSA) is 53.5 Å². The zero-order valence-electron chi connectivity index (χ0n) is 14.9. The van der Waals surface area contributed by atoms with Gasteiger partial charge in [0, 0.05) is 42.8 Å². The molecule has 1 fully saturated rings. The molecule has 0 radical (unpaired) electrons. The first-order valence-corrected chi connectivity index (χ1v) is 10.5. The third kappa shape index (κ3) is 3.79. The van der Waals surface area contributed by atoms with Crippen LogP contribution in [0.3, 0.4) is 0 Å². The van der Waals surface area contributed by atoms with Gasteiger partial charge in [-0.2, -0.15) is 0 Å². The maximum atomic E-state index is 12.8. The lowest BCUT2D eigenvalue weighted by Gasteiger charge is -2.35. The van der Waals surface area contributed by atoms with Crippen molar-refractivity contribution in [1.29, 1.82) is 0 Å². The number of Topliss-reactive ketones (excluding diaryl/α,β-unsaturated/α-hetero) is 1. The number of hydrogen-bond donors (Lipinski definition) is 0. The van der Waals surface area contributed by atoms with Gasteiger partial charge in [0.25, 0.3) is 5.91 Å². The lowest BCUT2D eigenvalue weighted by molar-refractivity contribution is 0.0741. The van der Waals surface area contributed by atoms with Crippen molar-refractivity contribution in [3.63, 3.8) is 0 Å². The Balaban J connectivity index is 1.38. The zero-order valence-corrected chi connectivity index (χ0v) is 16.6. The van der Waals surface area contributed by atoms with Crippen LogP contribution >= 0.6 is 22.7 Å². The summed E-state index contributed by atoms with van der Waals surface area (Å²) in [6.07, 6.45) is 0. The number of benzene rings is 1. The number of rotatable bonds is 4. The van der Waals surface area contributed by atoms with Crippen molar-refractivity contribution in [2.75, 3.05) is 31.1 Å². The fourth-order valence-corrected chi connectivity index (χ4v) is 4.73. The van der Waals surface area contributed by atoms with Gasteiger partial charge in [-0.25, -0.2) is 4.98 Å². The number of carbonyl (C=O) groups excluding carboxylic acids is 2. The number of aromatic nitrogens is 1. The molecule has 0 atom stereocenters. The second-order valence-corrected chi connectivity index (χ2v) is 8.20. The maximum Gasteiger partial charge on any atom is 0.273 e. The van der Waals surface area contributed by atoms with Crippen LogP contribution in [0.5, 0.6) is 0 Å². The van der Waals surface area contributed by atoms with Gasteiger partial charge in [0.2, 0.25) is 0 Å². The van der Waals surface area contributed by atoms with Crippen molar-refractivity contribution in [2.45, 2.75) is 6.92 Å². The number of amides is 1. The number of hydrogen-bond acceptors (Lipinski definition) is 6. The van der Waals surface area contributed by atoms with Crippen LogP contribution < -0.4 is 4.90 Å². The van der Waals surface area contributed by atoms with Crippen LogP contribution in [0.2, 0.25) is 0 Å². The molecule has 1 aromatic carbocycles. The predicted molar refractivity (Wildman–Crippen MR) is 110 cm³/mol. The maximum absolute atomic E-state index is 12.8. The monoisotopic (exact) mass is 397 g/mol. The zero-order chi connectivity index (χ0) is 18.8. The summed E-state index contributed by atoms with van der Waals surface area (Å²) in [5, 5.41) is 4.77. The Morgan fingerprint density at radius 1 is 1.00 bits per heavy atom. The molecule has 5 nitrogen and oxygen atoms in total. The van der Waals surface area contributed by atoms with Crippen LogP contribution in [-0.2, 0) is 0 Å². The number of thiazole rings is 1. The molecule has 1 saturated heterocycles. The average Bonchev–Trinajstić information content (AvgIpc) is 3.39. The highest BCUT2D eigenvalue weighted by molar-refractivity contribution is 7.20. The second kappa shape index (κ2) is 7.62. The standard InChI is InChI=1S/C20H19N3O2S2/c1-14(24)15-4-6-16(7-5-15)22-8-10-23(11-9-22)20(25)17-13-27-19(21-17)18-3-2-12-26-18/h2-7,12-13H,8-11H2,1H3. The molecule has 7 heteroatoms.